The zero-order valence-electron chi connectivity index (χ0n) is 21.4. The van der Waals surface area contributed by atoms with Gasteiger partial charge in [-0.3, -0.25) is 18.7 Å². The van der Waals surface area contributed by atoms with Crippen LogP contribution in [0.25, 0.3) is 0 Å². The molecule has 11 heteroatoms. The average Bonchev–Trinajstić information content (AvgIpc) is 2.70. The smallest absolute Gasteiger partial charge is 0.323 e. The van der Waals surface area contributed by atoms with Crippen LogP contribution in [-0.2, 0) is 32.5 Å². The minimum Gasteiger partial charge on any atom is -0.468 e. The molecule has 0 unspecified atom stereocenters. The number of rotatable bonds is 16. The van der Waals surface area contributed by atoms with E-state index >= 15 is 0 Å². The fourth-order valence-electron chi connectivity index (χ4n) is 3.54. The third kappa shape index (κ3) is 9.87. The van der Waals surface area contributed by atoms with Gasteiger partial charge in [-0.25, -0.2) is 13.7 Å². The van der Waals surface area contributed by atoms with Crippen molar-refractivity contribution in [3.63, 3.8) is 0 Å². The predicted molar refractivity (Wildman–Crippen MR) is 132 cm³/mol. The Labute approximate surface area is 199 Å². The molecular weight excluding hydrogens is 466 g/mol. The first kappa shape index (κ1) is 31.8. The molecule has 0 heterocycles. The Kier molecular flexibility index (Phi) is 13.7. The molecule has 0 N–H and O–H groups in total. The number of methoxy groups -OCH3 is 2. The lowest BCUT2D eigenvalue weighted by molar-refractivity contribution is -0.146. The Bertz CT molecular complexity index is 708. The molecule has 0 saturated heterocycles. The Balaban J connectivity index is 6.34. The molecule has 0 amide bonds. The van der Waals surface area contributed by atoms with Gasteiger partial charge in [0.15, 0.2) is 0 Å². The molecule has 0 bridgehead atoms. The highest BCUT2D eigenvalue weighted by molar-refractivity contribution is 7.69. The van der Waals surface area contributed by atoms with Crippen LogP contribution in [0.5, 0.6) is 0 Å². The van der Waals surface area contributed by atoms with Crippen molar-refractivity contribution in [1.29, 1.82) is 0 Å². The topological polar surface area (TPSA) is 102 Å². The van der Waals surface area contributed by atoms with Crippen LogP contribution < -0.4 is 0 Å². The summed E-state index contributed by atoms with van der Waals surface area (Å²) >= 11 is 0. The monoisotopic (exact) mass is 508 g/mol. The van der Waals surface area contributed by atoms with Gasteiger partial charge in [-0.1, -0.05) is 39.8 Å². The van der Waals surface area contributed by atoms with Crippen LogP contribution in [0.1, 0.15) is 40.5 Å². The van der Waals surface area contributed by atoms with Crippen LogP contribution in [0.4, 0.5) is 0 Å². The zero-order chi connectivity index (χ0) is 26.0. The second-order valence-electron chi connectivity index (χ2n) is 8.85. The standard InChI is InChI=1S/C22H42N2O7P2/c1-11-13-23(19(15-17(3)4)21(25)29-7)32(9,27)31-33(10,28)24(14-12-2)20(16-18(5)6)22(26)30-8/h11-12,17-20H,1-2,13-16H2,3-10H3/t19-,20-,32-,33-/m0/s1. The molecule has 0 fully saturated rings. The van der Waals surface area contributed by atoms with Gasteiger partial charge in [0.25, 0.3) is 15.0 Å². The van der Waals surface area contributed by atoms with E-state index in [1.807, 2.05) is 27.7 Å². The first-order chi connectivity index (χ1) is 15.2. The molecule has 0 radical (unpaired) electrons. The minimum absolute atomic E-state index is 0.0497. The molecule has 0 aromatic carbocycles. The quantitative estimate of drug-likeness (QED) is 0.165. The van der Waals surface area contributed by atoms with Crippen molar-refractivity contribution in [1.82, 2.24) is 9.34 Å². The number of esters is 2. The summed E-state index contributed by atoms with van der Waals surface area (Å²) in [6.07, 6.45) is 3.69. The summed E-state index contributed by atoms with van der Waals surface area (Å²) in [5, 5.41) is 0. The molecule has 0 aromatic heterocycles. The Hall–Kier alpha value is -1.24. The lowest BCUT2D eigenvalue weighted by Gasteiger charge is -2.39. The molecule has 9 nitrogen and oxygen atoms in total. The first-order valence-corrected chi connectivity index (χ1v) is 15.0. The maximum atomic E-state index is 13.9. The zero-order valence-corrected chi connectivity index (χ0v) is 23.1. The van der Waals surface area contributed by atoms with Crippen molar-refractivity contribution < 1.29 is 32.5 Å². The SMILES string of the molecule is C=CCN([C@@H](CC(C)C)C(=O)OC)[P@@](C)(=O)O[P@](C)(=O)N(CC=C)[C@@H](CC(C)C)C(=O)OC. The van der Waals surface area contributed by atoms with E-state index in [0.717, 1.165) is 0 Å². The van der Waals surface area contributed by atoms with E-state index in [4.69, 9.17) is 13.8 Å². The van der Waals surface area contributed by atoms with Gasteiger partial charge >= 0.3 is 11.9 Å². The molecule has 0 aliphatic rings. The van der Waals surface area contributed by atoms with Crippen LogP contribution in [0.15, 0.2) is 25.3 Å². The van der Waals surface area contributed by atoms with Crippen LogP contribution in [0, 0.1) is 11.8 Å². The summed E-state index contributed by atoms with van der Waals surface area (Å²) < 4.78 is 46.1. The van der Waals surface area contributed by atoms with Crippen LogP contribution in [-0.4, -0.2) is 74.0 Å². The summed E-state index contributed by atoms with van der Waals surface area (Å²) in [4.78, 5) is 25.1. The van der Waals surface area contributed by atoms with Gasteiger partial charge in [0.2, 0.25) is 0 Å². The molecule has 33 heavy (non-hydrogen) atoms. The number of nitrogens with zero attached hydrogens (tertiary/aromatic N) is 2. The Morgan fingerprint density at radius 1 is 0.788 bits per heavy atom. The minimum atomic E-state index is -3.84. The molecule has 192 valence electrons. The van der Waals surface area contributed by atoms with E-state index < -0.39 is 39.1 Å². The average molecular weight is 509 g/mol. The summed E-state index contributed by atoms with van der Waals surface area (Å²) in [5.41, 5.74) is 0. The Morgan fingerprint density at radius 3 is 1.30 bits per heavy atom. The van der Waals surface area contributed by atoms with Gasteiger partial charge in [0.05, 0.1) is 14.2 Å². The van der Waals surface area contributed by atoms with Crippen molar-refractivity contribution in [3.05, 3.63) is 25.3 Å². The van der Waals surface area contributed by atoms with E-state index in [-0.39, 0.29) is 24.9 Å². The van der Waals surface area contributed by atoms with Crippen LogP contribution in [0.2, 0.25) is 0 Å². The highest BCUT2D eigenvalue weighted by Crippen LogP contribution is 2.64. The number of carbonyl (C=O) groups is 2. The first-order valence-electron chi connectivity index (χ1n) is 11.0. The molecule has 0 rings (SSSR count). The van der Waals surface area contributed by atoms with E-state index in [2.05, 4.69) is 13.2 Å². The number of hydrogen-bond acceptors (Lipinski definition) is 7. The van der Waals surface area contributed by atoms with E-state index in [1.165, 1.54) is 49.0 Å². The number of ether oxygens (including phenoxy) is 2. The second kappa shape index (κ2) is 14.2. The normalized spacial score (nSPS) is 17.3. The van der Waals surface area contributed by atoms with Crippen molar-refractivity contribution in [2.45, 2.75) is 52.6 Å². The Morgan fingerprint density at radius 2 is 1.09 bits per heavy atom. The largest absolute Gasteiger partial charge is 0.468 e. The van der Waals surface area contributed by atoms with Crippen molar-refractivity contribution in [2.24, 2.45) is 11.8 Å². The highest BCUT2D eigenvalue weighted by Gasteiger charge is 2.45. The molecule has 0 saturated carbocycles. The molecule has 0 aliphatic heterocycles. The lowest BCUT2D eigenvalue weighted by Crippen LogP contribution is -2.43. The van der Waals surface area contributed by atoms with Gasteiger partial charge in [-0.2, -0.15) is 0 Å². The molecule has 0 aliphatic carbocycles. The maximum absolute atomic E-state index is 13.9. The van der Waals surface area contributed by atoms with Crippen LogP contribution >= 0.6 is 15.0 Å². The third-order valence-corrected chi connectivity index (χ3v) is 10.1. The van der Waals surface area contributed by atoms with Gasteiger partial charge in [0, 0.05) is 26.4 Å². The van der Waals surface area contributed by atoms with Crippen LogP contribution in [0.3, 0.4) is 0 Å². The molecule has 0 spiro atoms. The van der Waals surface area contributed by atoms with Gasteiger partial charge < -0.3 is 9.47 Å². The third-order valence-electron chi connectivity index (χ3n) is 4.92. The van der Waals surface area contributed by atoms with Crippen molar-refractivity contribution >= 4 is 27.0 Å². The maximum Gasteiger partial charge on any atom is 0.323 e. The fraction of sp³-hybridized carbons (Fsp3) is 0.727. The molecular formula is C22H42N2O7P2. The predicted octanol–water partition coefficient (Wildman–Crippen LogP) is 4.80. The summed E-state index contributed by atoms with van der Waals surface area (Å²) in [7, 11) is -5.17. The fourth-order valence-corrected chi connectivity index (χ4v) is 8.75. The van der Waals surface area contributed by atoms with Crippen molar-refractivity contribution in [3.8, 4) is 0 Å². The number of carbonyl (C=O) groups excluding carboxylic acids is 2. The highest BCUT2D eigenvalue weighted by atomic mass is 31.2. The second-order valence-corrected chi connectivity index (χ2v) is 13.7. The van der Waals surface area contributed by atoms with Crippen molar-refractivity contribution in [2.75, 3.05) is 40.6 Å². The lowest BCUT2D eigenvalue weighted by atomic mass is 10.0. The summed E-state index contributed by atoms with van der Waals surface area (Å²) in [6, 6.07) is -1.77. The molecule has 0 aromatic rings. The van der Waals surface area contributed by atoms with E-state index in [0.29, 0.717) is 12.8 Å². The number of hydrogen-bond donors (Lipinski definition) is 0. The van der Waals surface area contributed by atoms with E-state index in [9.17, 15) is 18.7 Å². The van der Waals surface area contributed by atoms with Gasteiger partial charge in [-0.15, -0.1) is 13.2 Å². The van der Waals surface area contributed by atoms with Gasteiger partial charge in [0.1, 0.15) is 12.1 Å². The van der Waals surface area contributed by atoms with E-state index in [1.54, 1.807) is 0 Å². The summed E-state index contributed by atoms with van der Waals surface area (Å²) in [5.74, 6) is -0.974. The summed E-state index contributed by atoms with van der Waals surface area (Å²) in [6.45, 7) is 17.8. The molecule has 4 atom stereocenters. The van der Waals surface area contributed by atoms with Gasteiger partial charge in [-0.05, 0) is 24.7 Å².